The highest BCUT2D eigenvalue weighted by Crippen LogP contribution is 2.24. The van der Waals surface area contributed by atoms with Crippen LogP contribution in [-0.2, 0) is 0 Å². The zero-order valence-electron chi connectivity index (χ0n) is 12.7. The van der Waals surface area contributed by atoms with Gasteiger partial charge in [-0.1, -0.05) is 44.2 Å². The third kappa shape index (κ3) is 3.22. The lowest BCUT2D eigenvalue weighted by molar-refractivity contribution is 0.582. The normalized spacial score (nSPS) is 15.5. The maximum Gasteiger partial charge on any atom is 0.133 e. The Kier molecular flexibility index (Phi) is 4.15. The predicted molar refractivity (Wildman–Crippen MR) is 86.6 cm³/mol. The fourth-order valence-electron chi connectivity index (χ4n) is 2.52. The van der Waals surface area contributed by atoms with Crippen LogP contribution in [0, 0.1) is 0 Å². The van der Waals surface area contributed by atoms with Crippen molar-refractivity contribution in [1.82, 2.24) is 15.3 Å². The summed E-state index contributed by atoms with van der Waals surface area (Å²) in [7, 11) is 0. The number of piperazine rings is 1. The molecule has 2 heterocycles. The summed E-state index contributed by atoms with van der Waals surface area (Å²) in [5, 5.41) is 3.38. The van der Waals surface area contributed by atoms with E-state index in [9.17, 15) is 0 Å². The van der Waals surface area contributed by atoms with Crippen molar-refractivity contribution < 1.29 is 0 Å². The SMILES string of the molecule is CC(C)c1nc(-c2ccccc2)cc(N2CCNCC2)n1. The maximum atomic E-state index is 4.77. The molecule has 0 saturated carbocycles. The van der Waals surface area contributed by atoms with Crippen LogP contribution < -0.4 is 10.2 Å². The second-order valence-electron chi connectivity index (χ2n) is 5.73. The van der Waals surface area contributed by atoms with Gasteiger partial charge in [-0.25, -0.2) is 9.97 Å². The van der Waals surface area contributed by atoms with Crippen molar-refractivity contribution >= 4 is 5.82 Å². The number of nitrogens with zero attached hydrogens (tertiary/aromatic N) is 3. The topological polar surface area (TPSA) is 41.1 Å². The number of hydrogen-bond acceptors (Lipinski definition) is 4. The number of anilines is 1. The fraction of sp³-hybridized carbons (Fsp3) is 0.412. The molecule has 1 N–H and O–H groups in total. The van der Waals surface area contributed by atoms with Gasteiger partial charge in [-0.15, -0.1) is 0 Å². The summed E-state index contributed by atoms with van der Waals surface area (Å²) in [5.41, 5.74) is 2.17. The molecule has 4 nitrogen and oxygen atoms in total. The molecule has 0 radical (unpaired) electrons. The van der Waals surface area contributed by atoms with Gasteiger partial charge in [0.05, 0.1) is 5.69 Å². The molecule has 0 atom stereocenters. The van der Waals surface area contributed by atoms with E-state index < -0.39 is 0 Å². The Morgan fingerprint density at radius 2 is 1.76 bits per heavy atom. The second kappa shape index (κ2) is 6.22. The molecule has 3 rings (SSSR count). The quantitative estimate of drug-likeness (QED) is 0.939. The number of aromatic nitrogens is 2. The highest BCUT2D eigenvalue weighted by Gasteiger charge is 2.16. The summed E-state index contributed by atoms with van der Waals surface area (Å²) < 4.78 is 0. The molecular weight excluding hydrogens is 260 g/mol. The van der Waals surface area contributed by atoms with Gasteiger partial charge in [0, 0.05) is 43.7 Å². The number of benzene rings is 1. The van der Waals surface area contributed by atoms with E-state index in [2.05, 4.69) is 54.4 Å². The van der Waals surface area contributed by atoms with Crippen molar-refractivity contribution in [2.45, 2.75) is 19.8 Å². The van der Waals surface area contributed by atoms with Crippen molar-refractivity contribution in [1.29, 1.82) is 0 Å². The van der Waals surface area contributed by atoms with Crippen LogP contribution in [0.5, 0.6) is 0 Å². The highest BCUT2D eigenvalue weighted by molar-refractivity contribution is 5.63. The zero-order valence-corrected chi connectivity index (χ0v) is 12.7. The lowest BCUT2D eigenvalue weighted by Crippen LogP contribution is -2.44. The minimum absolute atomic E-state index is 0.329. The van der Waals surface area contributed by atoms with E-state index in [4.69, 9.17) is 9.97 Å². The van der Waals surface area contributed by atoms with Crippen LogP contribution in [0.15, 0.2) is 36.4 Å². The first-order chi connectivity index (χ1) is 10.2. The third-order valence-electron chi connectivity index (χ3n) is 3.76. The molecule has 1 aliphatic rings. The van der Waals surface area contributed by atoms with E-state index in [1.165, 1.54) is 0 Å². The van der Waals surface area contributed by atoms with Gasteiger partial charge in [0.15, 0.2) is 0 Å². The number of rotatable bonds is 3. The Labute approximate surface area is 126 Å². The smallest absolute Gasteiger partial charge is 0.133 e. The van der Waals surface area contributed by atoms with Gasteiger partial charge in [-0.05, 0) is 0 Å². The van der Waals surface area contributed by atoms with E-state index >= 15 is 0 Å². The van der Waals surface area contributed by atoms with Crippen molar-refractivity contribution in [2.75, 3.05) is 31.1 Å². The van der Waals surface area contributed by atoms with Crippen molar-refractivity contribution in [2.24, 2.45) is 0 Å². The average molecular weight is 282 g/mol. The van der Waals surface area contributed by atoms with Gasteiger partial charge in [-0.2, -0.15) is 0 Å². The van der Waals surface area contributed by atoms with Crippen LogP contribution >= 0.6 is 0 Å². The summed E-state index contributed by atoms with van der Waals surface area (Å²) in [6, 6.07) is 12.5. The number of nitrogens with one attached hydrogen (secondary N) is 1. The lowest BCUT2D eigenvalue weighted by atomic mass is 10.1. The molecule has 1 aromatic carbocycles. The highest BCUT2D eigenvalue weighted by atomic mass is 15.2. The standard InChI is InChI=1S/C17H22N4/c1-13(2)17-19-15(14-6-4-3-5-7-14)12-16(20-17)21-10-8-18-9-11-21/h3-7,12-13,18H,8-11H2,1-2H3. The van der Waals surface area contributed by atoms with Crippen LogP contribution in [0.25, 0.3) is 11.3 Å². The number of hydrogen-bond donors (Lipinski definition) is 1. The molecule has 0 spiro atoms. The van der Waals surface area contributed by atoms with Crippen LogP contribution in [0.4, 0.5) is 5.82 Å². The molecule has 1 aliphatic heterocycles. The minimum atomic E-state index is 0.329. The summed E-state index contributed by atoms with van der Waals surface area (Å²) in [6.45, 7) is 8.33. The van der Waals surface area contributed by atoms with E-state index in [1.54, 1.807) is 0 Å². The summed E-state index contributed by atoms with van der Waals surface area (Å²) in [4.78, 5) is 11.9. The van der Waals surface area contributed by atoms with Gasteiger partial charge in [0.2, 0.25) is 0 Å². The summed E-state index contributed by atoms with van der Waals surface area (Å²) >= 11 is 0. The van der Waals surface area contributed by atoms with Gasteiger partial charge < -0.3 is 10.2 Å². The fourth-order valence-corrected chi connectivity index (χ4v) is 2.52. The van der Waals surface area contributed by atoms with E-state index in [0.717, 1.165) is 49.1 Å². The van der Waals surface area contributed by atoms with Gasteiger partial charge in [-0.3, -0.25) is 0 Å². The minimum Gasteiger partial charge on any atom is -0.354 e. The Bertz CT molecular complexity index is 589. The second-order valence-corrected chi connectivity index (χ2v) is 5.73. The first kappa shape index (κ1) is 14.0. The summed E-state index contributed by atoms with van der Waals surface area (Å²) in [6.07, 6.45) is 0. The molecule has 0 bridgehead atoms. The zero-order chi connectivity index (χ0) is 14.7. The van der Waals surface area contributed by atoms with Crippen LogP contribution in [0.3, 0.4) is 0 Å². The molecule has 1 saturated heterocycles. The van der Waals surface area contributed by atoms with Gasteiger partial charge in [0.1, 0.15) is 11.6 Å². The Hall–Kier alpha value is -1.94. The van der Waals surface area contributed by atoms with Crippen LogP contribution in [0.1, 0.15) is 25.6 Å². The van der Waals surface area contributed by atoms with Crippen molar-refractivity contribution in [3.8, 4) is 11.3 Å². The molecule has 21 heavy (non-hydrogen) atoms. The Morgan fingerprint density at radius 3 is 2.43 bits per heavy atom. The molecule has 1 fully saturated rings. The maximum absolute atomic E-state index is 4.77. The molecule has 110 valence electrons. The third-order valence-corrected chi connectivity index (χ3v) is 3.76. The monoisotopic (exact) mass is 282 g/mol. The largest absolute Gasteiger partial charge is 0.354 e. The molecule has 1 aromatic heterocycles. The van der Waals surface area contributed by atoms with E-state index in [-0.39, 0.29) is 0 Å². The van der Waals surface area contributed by atoms with E-state index in [0.29, 0.717) is 5.92 Å². The first-order valence-corrected chi connectivity index (χ1v) is 7.64. The molecule has 0 unspecified atom stereocenters. The molecule has 4 heteroatoms. The molecule has 0 aliphatic carbocycles. The Balaban J connectivity index is 2.01. The molecular formula is C17H22N4. The van der Waals surface area contributed by atoms with Gasteiger partial charge in [0.25, 0.3) is 0 Å². The van der Waals surface area contributed by atoms with E-state index in [1.807, 2.05) is 6.07 Å². The van der Waals surface area contributed by atoms with Crippen LogP contribution in [0.2, 0.25) is 0 Å². The molecule has 0 amide bonds. The summed E-state index contributed by atoms with van der Waals surface area (Å²) in [5.74, 6) is 2.30. The van der Waals surface area contributed by atoms with Crippen LogP contribution in [-0.4, -0.2) is 36.1 Å². The lowest BCUT2D eigenvalue weighted by Gasteiger charge is -2.29. The first-order valence-electron chi connectivity index (χ1n) is 7.64. The molecule has 2 aromatic rings. The van der Waals surface area contributed by atoms with Crippen molar-refractivity contribution in [3.05, 3.63) is 42.2 Å². The van der Waals surface area contributed by atoms with Crippen molar-refractivity contribution in [3.63, 3.8) is 0 Å². The average Bonchev–Trinajstić information content (AvgIpc) is 2.56. The Morgan fingerprint density at radius 1 is 1.05 bits per heavy atom. The predicted octanol–water partition coefficient (Wildman–Crippen LogP) is 2.68. The van der Waals surface area contributed by atoms with Gasteiger partial charge >= 0.3 is 0 Å².